The maximum absolute atomic E-state index is 10.9. The highest BCUT2D eigenvalue weighted by Crippen LogP contribution is 2.27. The van der Waals surface area contributed by atoms with Crippen LogP contribution in [-0.4, -0.2) is 19.8 Å². The highest BCUT2D eigenvalue weighted by molar-refractivity contribution is 7.16. The van der Waals surface area contributed by atoms with E-state index in [4.69, 9.17) is 0 Å². The van der Waals surface area contributed by atoms with Gasteiger partial charge in [-0.15, -0.1) is 11.3 Å². The third-order valence-corrected chi connectivity index (χ3v) is 3.86. The number of nitro benzene ring substituents is 1. The van der Waals surface area contributed by atoms with Gasteiger partial charge in [-0.2, -0.15) is 0 Å². The highest BCUT2D eigenvalue weighted by atomic mass is 32.1. The molecule has 0 aliphatic rings. The Labute approximate surface area is 132 Å². The van der Waals surface area contributed by atoms with Gasteiger partial charge >= 0.3 is 5.95 Å². The van der Waals surface area contributed by atoms with Crippen LogP contribution in [0, 0.1) is 20.2 Å². The quantitative estimate of drug-likeness (QED) is 0.562. The number of nitro groups is 2. The average molecular weight is 331 g/mol. The molecule has 2 heterocycles. The maximum Gasteiger partial charge on any atom is 0.472 e. The number of nitrogens with one attached hydrogen (secondary N) is 1. The monoisotopic (exact) mass is 331 g/mol. The molecule has 23 heavy (non-hydrogen) atoms. The number of nitrogens with zero attached hydrogens (tertiary/aromatic N) is 4. The number of aromatic nitrogens is 2. The van der Waals surface area contributed by atoms with Crippen molar-refractivity contribution in [1.29, 1.82) is 0 Å². The van der Waals surface area contributed by atoms with E-state index in [9.17, 15) is 20.2 Å². The molecule has 0 spiro atoms. The molecule has 1 N–H and O–H groups in total. The van der Waals surface area contributed by atoms with E-state index in [-0.39, 0.29) is 12.2 Å². The molecule has 10 heteroatoms. The third kappa shape index (κ3) is 3.06. The van der Waals surface area contributed by atoms with Gasteiger partial charge in [-0.1, -0.05) is 17.1 Å². The van der Waals surface area contributed by atoms with Gasteiger partial charge < -0.3 is 15.4 Å². The van der Waals surface area contributed by atoms with Crippen molar-refractivity contribution >= 4 is 39.0 Å². The van der Waals surface area contributed by atoms with Crippen molar-refractivity contribution in [1.82, 2.24) is 9.97 Å². The SMILES string of the molecule is O=[N+]([O-])c1cccc(CNc2nc([N+](=O)[O-])nc3sccc23)c1. The van der Waals surface area contributed by atoms with Crippen molar-refractivity contribution in [2.75, 3.05) is 5.32 Å². The van der Waals surface area contributed by atoms with Gasteiger partial charge in [0, 0.05) is 18.7 Å². The fraction of sp³-hybridized carbons (Fsp3) is 0.0769. The standard InChI is InChI=1S/C13H9N5O4S/c19-17(20)9-3-1-2-8(6-9)7-14-11-10-4-5-23-12(10)16-13(15-11)18(21)22/h1-6H,7H2,(H,14,15,16). The van der Waals surface area contributed by atoms with Crippen LogP contribution in [0.25, 0.3) is 10.2 Å². The normalized spacial score (nSPS) is 10.6. The van der Waals surface area contributed by atoms with Crippen molar-refractivity contribution in [2.24, 2.45) is 0 Å². The van der Waals surface area contributed by atoms with Crippen molar-refractivity contribution < 1.29 is 9.85 Å². The predicted molar refractivity (Wildman–Crippen MR) is 84.5 cm³/mol. The first-order valence-electron chi connectivity index (χ1n) is 6.41. The number of anilines is 1. The lowest BCUT2D eigenvalue weighted by molar-refractivity contribution is -0.394. The third-order valence-electron chi connectivity index (χ3n) is 3.06. The summed E-state index contributed by atoms with van der Waals surface area (Å²) in [5.41, 5.74) is 0.655. The fourth-order valence-electron chi connectivity index (χ4n) is 2.03. The molecule has 116 valence electrons. The van der Waals surface area contributed by atoms with Crippen LogP contribution in [0.3, 0.4) is 0 Å². The first-order chi connectivity index (χ1) is 11.0. The minimum absolute atomic E-state index is 0.0151. The zero-order chi connectivity index (χ0) is 16.4. The molecule has 3 aromatic rings. The lowest BCUT2D eigenvalue weighted by Crippen LogP contribution is -2.05. The topological polar surface area (TPSA) is 124 Å². The molecule has 0 amide bonds. The van der Waals surface area contributed by atoms with E-state index >= 15 is 0 Å². The molecule has 0 saturated carbocycles. The van der Waals surface area contributed by atoms with Gasteiger partial charge in [0.15, 0.2) is 0 Å². The molecular weight excluding hydrogens is 322 g/mol. The van der Waals surface area contributed by atoms with E-state index in [2.05, 4.69) is 15.3 Å². The number of fused-ring (bicyclic) bond motifs is 1. The number of hydrogen-bond donors (Lipinski definition) is 1. The largest absolute Gasteiger partial charge is 0.472 e. The van der Waals surface area contributed by atoms with Crippen molar-refractivity contribution in [2.45, 2.75) is 6.54 Å². The van der Waals surface area contributed by atoms with Crippen LogP contribution in [0.4, 0.5) is 17.5 Å². The Morgan fingerprint density at radius 3 is 2.70 bits per heavy atom. The molecule has 0 aliphatic carbocycles. The van der Waals surface area contributed by atoms with Gasteiger partial charge in [0.05, 0.1) is 10.3 Å². The maximum atomic E-state index is 10.9. The van der Waals surface area contributed by atoms with Crippen LogP contribution in [0.15, 0.2) is 35.7 Å². The highest BCUT2D eigenvalue weighted by Gasteiger charge is 2.18. The molecule has 0 unspecified atom stereocenters. The van der Waals surface area contributed by atoms with E-state index in [0.29, 0.717) is 21.6 Å². The molecule has 0 aliphatic heterocycles. The van der Waals surface area contributed by atoms with E-state index in [1.165, 1.54) is 23.5 Å². The van der Waals surface area contributed by atoms with Crippen LogP contribution in [0.2, 0.25) is 0 Å². The second kappa shape index (κ2) is 5.93. The lowest BCUT2D eigenvalue weighted by Gasteiger charge is -2.04. The van der Waals surface area contributed by atoms with Gasteiger partial charge in [-0.3, -0.25) is 10.1 Å². The Hall–Kier alpha value is -3.14. The summed E-state index contributed by atoms with van der Waals surface area (Å²) in [5, 5.41) is 27.1. The van der Waals surface area contributed by atoms with Crippen LogP contribution >= 0.6 is 11.3 Å². The molecule has 9 nitrogen and oxygen atoms in total. The molecule has 2 aromatic heterocycles. The minimum Gasteiger partial charge on any atom is -0.390 e. The molecule has 0 radical (unpaired) electrons. The Kier molecular flexibility index (Phi) is 3.81. The molecule has 3 rings (SSSR count). The smallest absolute Gasteiger partial charge is 0.390 e. The number of hydrogen-bond acceptors (Lipinski definition) is 8. The Morgan fingerprint density at radius 2 is 1.96 bits per heavy atom. The minimum atomic E-state index is -0.655. The lowest BCUT2D eigenvalue weighted by atomic mass is 10.2. The average Bonchev–Trinajstić information content (AvgIpc) is 3.01. The molecule has 0 saturated heterocycles. The van der Waals surface area contributed by atoms with E-state index < -0.39 is 15.8 Å². The predicted octanol–water partition coefficient (Wildman–Crippen LogP) is 3.12. The summed E-state index contributed by atoms with van der Waals surface area (Å²) in [5.74, 6) is -0.157. The molecule has 1 aromatic carbocycles. The number of non-ortho nitro benzene ring substituents is 1. The molecule has 0 bridgehead atoms. The van der Waals surface area contributed by atoms with Gasteiger partial charge in [0.25, 0.3) is 5.69 Å². The summed E-state index contributed by atoms with van der Waals surface area (Å²) >= 11 is 1.28. The van der Waals surface area contributed by atoms with Crippen molar-refractivity contribution in [3.05, 3.63) is 61.5 Å². The molecular formula is C13H9N5O4S. The Bertz CT molecular complexity index is 910. The second-order valence-electron chi connectivity index (χ2n) is 4.55. The van der Waals surface area contributed by atoms with Gasteiger partial charge in [-0.05, 0) is 26.9 Å². The van der Waals surface area contributed by atoms with Crippen LogP contribution in [-0.2, 0) is 6.54 Å². The first kappa shape index (κ1) is 14.8. The van der Waals surface area contributed by atoms with E-state index in [1.807, 2.05) is 0 Å². The Morgan fingerprint density at radius 1 is 1.13 bits per heavy atom. The van der Waals surface area contributed by atoms with Crippen molar-refractivity contribution in [3.8, 4) is 0 Å². The summed E-state index contributed by atoms with van der Waals surface area (Å²) in [6.07, 6.45) is 0. The molecule has 0 atom stereocenters. The van der Waals surface area contributed by atoms with Gasteiger partial charge in [0.1, 0.15) is 0 Å². The number of thiophene rings is 1. The van der Waals surface area contributed by atoms with Crippen molar-refractivity contribution in [3.63, 3.8) is 0 Å². The van der Waals surface area contributed by atoms with Crippen LogP contribution < -0.4 is 5.32 Å². The van der Waals surface area contributed by atoms with E-state index in [1.54, 1.807) is 23.6 Å². The van der Waals surface area contributed by atoms with Crippen LogP contribution in [0.5, 0.6) is 0 Å². The van der Waals surface area contributed by atoms with Gasteiger partial charge in [0.2, 0.25) is 10.6 Å². The Balaban J connectivity index is 1.89. The van der Waals surface area contributed by atoms with Gasteiger partial charge in [-0.25, -0.2) is 0 Å². The number of rotatable bonds is 5. The van der Waals surface area contributed by atoms with Crippen LogP contribution in [0.1, 0.15) is 5.56 Å². The zero-order valence-corrected chi connectivity index (χ0v) is 12.3. The molecule has 0 fully saturated rings. The zero-order valence-electron chi connectivity index (χ0n) is 11.5. The summed E-state index contributed by atoms with van der Waals surface area (Å²) in [4.78, 5) is 28.8. The number of benzene rings is 1. The first-order valence-corrected chi connectivity index (χ1v) is 7.29. The fourth-order valence-corrected chi connectivity index (χ4v) is 2.79. The summed E-state index contributed by atoms with van der Waals surface area (Å²) in [7, 11) is 0. The summed E-state index contributed by atoms with van der Waals surface area (Å²) in [6, 6.07) is 7.90. The second-order valence-corrected chi connectivity index (χ2v) is 5.44. The van der Waals surface area contributed by atoms with E-state index in [0.717, 1.165) is 0 Å². The summed E-state index contributed by atoms with van der Waals surface area (Å²) in [6.45, 7) is 0.251. The summed E-state index contributed by atoms with van der Waals surface area (Å²) < 4.78 is 0.